The van der Waals surface area contributed by atoms with E-state index in [4.69, 9.17) is 10.5 Å². The van der Waals surface area contributed by atoms with E-state index in [1.807, 2.05) is 46.8 Å². The Kier molecular flexibility index (Phi) is 10.5. The molecule has 1 aromatic rings. The number of hydrogen-bond acceptors (Lipinski definition) is 5. The van der Waals surface area contributed by atoms with E-state index in [1.54, 1.807) is 32.9 Å². The highest BCUT2D eigenvalue weighted by atomic mass is 16.6. The van der Waals surface area contributed by atoms with Gasteiger partial charge in [0.2, 0.25) is 17.7 Å². The lowest BCUT2D eigenvalue weighted by molar-refractivity contribution is -0.146. The molecule has 3 unspecified atom stereocenters. The number of carbonyl (C=O) groups is 4. The average Bonchev–Trinajstić information content (AvgIpc) is 2.68. The highest BCUT2D eigenvalue weighted by molar-refractivity contribution is 5.94. The number of alkyl carbamates (subject to hydrolysis) is 1. The summed E-state index contributed by atoms with van der Waals surface area (Å²) in [5.74, 6) is -1.71. The highest BCUT2D eigenvalue weighted by Gasteiger charge is 2.39. The van der Waals surface area contributed by atoms with Gasteiger partial charge in [0, 0.05) is 12.1 Å². The van der Waals surface area contributed by atoms with Crippen LogP contribution in [0.25, 0.3) is 0 Å². The summed E-state index contributed by atoms with van der Waals surface area (Å²) in [6.45, 7) is 14.3. The van der Waals surface area contributed by atoms with Gasteiger partial charge in [-0.1, -0.05) is 31.2 Å². The molecule has 0 radical (unpaired) electrons. The fraction of sp³-hybridized carbons (Fsp3) is 0.600. The number of aryl methyl sites for hydroxylation is 1. The van der Waals surface area contributed by atoms with Gasteiger partial charge in [-0.25, -0.2) is 4.79 Å². The number of nitrogens with one attached hydrogen (secondary N) is 2. The van der Waals surface area contributed by atoms with Crippen LogP contribution >= 0.6 is 0 Å². The quantitative estimate of drug-likeness (QED) is 0.478. The van der Waals surface area contributed by atoms with Crippen molar-refractivity contribution in [1.29, 1.82) is 0 Å². The minimum atomic E-state index is -1.29. The molecule has 1 aromatic carbocycles. The Morgan fingerprint density at radius 2 is 1.65 bits per heavy atom. The third-order valence-electron chi connectivity index (χ3n) is 5.16. The molecule has 4 N–H and O–H groups in total. The lowest BCUT2D eigenvalue weighted by Gasteiger charge is -2.38. The van der Waals surface area contributed by atoms with Crippen molar-refractivity contribution in [1.82, 2.24) is 15.5 Å². The van der Waals surface area contributed by atoms with Crippen LogP contribution in [0.5, 0.6) is 0 Å². The number of rotatable bonds is 10. The van der Waals surface area contributed by atoms with Crippen LogP contribution in [0.15, 0.2) is 24.3 Å². The molecule has 0 aliphatic heterocycles. The van der Waals surface area contributed by atoms with E-state index in [9.17, 15) is 19.2 Å². The summed E-state index contributed by atoms with van der Waals surface area (Å²) in [6, 6.07) is 4.52. The Morgan fingerprint density at radius 1 is 1.06 bits per heavy atom. The van der Waals surface area contributed by atoms with Crippen molar-refractivity contribution < 1.29 is 23.9 Å². The van der Waals surface area contributed by atoms with Crippen molar-refractivity contribution in [2.24, 2.45) is 5.73 Å². The monoisotopic (exact) mass is 476 g/mol. The lowest BCUT2D eigenvalue weighted by Crippen LogP contribution is -2.56. The predicted molar refractivity (Wildman–Crippen MR) is 131 cm³/mol. The Labute approximate surface area is 202 Å². The normalized spacial score (nSPS) is 14.0. The first-order valence-electron chi connectivity index (χ1n) is 11.6. The number of hydrogen-bond donors (Lipinski definition) is 3. The Morgan fingerprint density at radius 3 is 2.12 bits per heavy atom. The van der Waals surface area contributed by atoms with E-state index in [2.05, 4.69) is 10.6 Å². The van der Waals surface area contributed by atoms with Crippen LogP contribution in [0, 0.1) is 6.92 Å². The molecular formula is C25H40N4O5. The van der Waals surface area contributed by atoms with Gasteiger partial charge in [-0.05, 0) is 66.0 Å². The molecule has 34 heavy (non-hydrogen) atoms. The molecule has 0 fully saturated rings. The largest absolute Gasteiger partial charge is 0.444 e. The third kappa shape index (κ3) is 8.68. The molecule has 0 spiro atoms. The fourth-order valence-corrected chi connectivity index (χ4v) is 3.50. The van der Waals surface area contributed by atoms with E-state index < -0.39 is 42.0 Å². The molecule has 3 atom stereocenters. The molecule has 9 nitrogen and oxygen atoms in total. The number of primary amides is 1. The van der Waals surface area contributed by atoms with Crippen LogP contribution < -0.4 is 16.4 Å². The maximum Gasteiger partial charge on any atom is 0.408 e. The Bertz CT molecular complexity index is 878. The molecule has 0 saturated carbocycles. The van der Waals surface area contributed by atoms with Crippen molar-refractivity contribution in [3.8, 4) is 0 Å². The van der Waals surface area contributed by atoms with Crippen LogP contribution in [-0.2, 0) is 19.1 Å². The van der Waals surface area contributed by atoms with Crippen LogP contribution in [0.2, 0.25) is 0 Å². The summed E-state index contributed by atoms with van der Waals surface area (Å²) < 4.78 is 5.28. The molecule has 0 aliphatic carbocycles. The van der Waals surface area contributed by atoms with Crippen molar-refractivity contribution in [3.63, 3.8) is 0 Å². The van der Waals surface area contributed by atoms with Gasteiger partial charge in [0.05, 0.1) is 6.42 Å². The molecule has 0 aromatic heterocycles. The smallest absolute Gasteiger partial charge is 0.408 e. The van der Waals surface area contributed by atoms with Crippen molar-refractivity contribution in [2.45, 2.75) is 98.0 Å². The number of ether oxygens (including phenoxy) is 1. The topological polar surface area (TPSA) is 131 Å². The maximum atomic E-state index is 13.9. The fourth-order valence-electron chi connectivity index (χ4n) is 3.50. The van der Waals surface area contributed by atoms with Gasteiger partial charge in [0.25, 0.3) is 0 Å². The van der Waals surface area contributed by atoms with Gasteiger partial charge in [0.1, 0.15) is 17.7 Å². The van der Waals surface area contributed by atoms with Crippen molar-refractivity contribution in [3.05, 3.63) is 35.4 Å². The Balaban J connectivity index is 3.55. The van der Waals surface area contributed by atoms with E-state index in [-0.39, 0.29) is 18.0 Å². The van der Waals surface area contributed by atoms with E-state index in [0.29, 0.717) is 12.0 Å². The first-order valence-corrected chi connectivity index (χ1v) is 11.6. The summed E-state index contributed by atoms with van der Waals surface area (Å²) in [6.07, 6.45) is -0.744. The molecule has 1 rings (SSSR count). The van der Waals surface area contributed by atoms with E-state index in [1.165, 1.54) is 4.90 Å². The predicted octanol–water partition coefficient (Wildman–Crippen LogP) is 2.96. The zero-order chi connectivity index (χ0) is 26.2. The van der Waals surface area contributed by atoms with Crippen LogP contribution in [0.4, 0.5) is 4.79 Å². The standard InChI is InChI=1S/C25H40N4O5/c1-9-17(5)29(21(22(31)27-15(2)3)18-13-11-10-12-16(18)4)23(32)19(14-20(26)30)28-24(33)34-25(6,7)8/h10-13,15,17,19,21H,9,14H2,1-8H3,(H2,26,30)(H,27,31)(H,28,33). The second-order valence-electron chi connectivity index (χ2n) is 9.79. The molecule has 9 heteroatoms. The van der Waals surface area contributed by atoms with Crippen molar-refractivity contribution >= 4 is 23.8 Å². The highest BCUT2D eigenvalue weighted by Crippen LogP contribution is 2.29. The number of amides is 4. The second kappa shape index (κ2) is 12.4. The number of nitrogens with zero attached hydrogens (tertiary/aromatic N) is 1. The number of carbonyl (C=O) groups excluding carboxylic acids is 4. The summed E-state index contributed by atoms with van der Waals surface area (Å²) in [5, 5.41) is 5.38. The minimum absolute atomic E-state index is 0.158. The molecule has 0 saturated heterocycles. The first kappa shape index (κ1) is 28.9. The molecule has 0 bridgehead atoms. The molecule has 4 amide bonds. The summed E-state index contributed by atoms with van der Waals surface area (Å²) in [5.41, 5.74) is 6.08. The van der Waals surface area contributed by atoms with Gasteiger partial charge in [-0.15, -0.1) is 0 Å². The van der Waals surface area contributed by atoms with Crippen LogP contribution in [0.1, 0.15) is 78.5 Å². The van der Waals surface area contributed by atoms with Gasteiger partial charge >= 0.3 is 6.09 Å². The Hall–Kier alpha value is -3.10. The zero-order valence-electron chi connectivity index (χ0n) is 21.6. The second-order valence-corrected chi connectivity index (χ2v) is 9.79. The van der Waals surface area contributed by atoms with Gasteiger partial charge in [-0.3, -0.25) is 14.4 Å². The van der Waals surface area contributed by atoms with Crippen molar-refractivity contribution in [2.75, 3.05) is 0 Å². The third-order valence-corrected chi connectivity index (χ3v) is 5.16. The van der Waals surface area contributed by atoms with Gasteiger partial charge < -0.3 is 26.0 Å². The number of benzene rings is 1. The lowest BCUT2D eigenvalue weighted by atomic mass is 9.95. The minimum Gasteiger partial charge on any atom is -0.444 e. The molecule has 0 heterocycles. The van der Waals surface area contributed by atoms with Gasteiger partial charge in [-0.2, -0.15) is 0 Å². The van der Waals surface area contributed by atoms with Crippen LogP contribution in [0.3, 0.4) is 0 Å². The number of nitrogens with two attached hydrogens (primary N) is 1. The SMILES string of the molecule is CCC(C)N(C(=O)C(CC(N)=O)NC(=O)OC(C)(C)C)C(C(=O)NC(C)C)c1ccccc1C. The molecule has 190 valence electrons. The maximum absolute atomic E-state index is 13.9. The summed E-state index contributed by atoms with van der Waals surface area (Å²) in [4.78, 5) is 53.0. The zero-order valence-corrected chi connectivity index (χ0v) is 21.6. The van der Waals surface area contributed by atoms with E-state index in [0.717, 1.165) is 5.56 Å². The average molecular weight is 477 g/mol. The van der Waals surface area contributed by atoms with Crippen LogP contribution in [-0.4, -0.2) is 52.4 Å². The summed E-state index contributed by atoms with van der Waals surface area (Å²) in [7, 11) is 0. The van der Waals surface area contributed by atoms with E-state index >= 15 is 0 Å². The molecule has 0 aliphatic rings. The first-order chi connectivity index (χ1) is 15.7. The molecular weight excluding hydrogens is 436 g/mol. The van der Waals surface area contributed by atoms with Gasteiger partial charge in [0.15, 0.2) is 0 Å². The summed E-state index contributed by atoms with van der Waals surface area (Å²) >= 11 is 0.